The molecule has 2 aliphatic carbocycles. The van der Waals surface area contributed by atoms with Crippen LogP contribution in [0.4, 0.5) is 13.2 Å². The van der Waals surface area contributed by atoms with E-state index in [0.717, 1.165) is 39.2 Å². The van der Waals surface area contributed by atoms with Crippen molar-refractivity contribution in [2.24, 2.45) is 23.7 Å². The zero-order valence-electron chi connectivity index (χ0n) is 22.1. The number of carbonyl (C=O) groups excluding carboxylic acids is 2. The van der Waals surface area contributed by atoms with Crippen molar-refractivity contribution < 1.29 is 41.7 Å². The molecule has 2 saturated carbocycles. The molecule has 3 fully saturated rings. The van der Waals surface area contributed by atoms with Gasteiger partial charge in [-0.05, 0) is 56.3 Å². The molecule has 8 atom stereocenters. The number of esters is 2. The van der Waals surface area contributed by atoms with Crippen LogP contribution in [0.5, 0.6) is 0 Å². The summed E-state index contributed by atoms with van der Waals surface area (Å²) in [5.74, 6) is -0.726. The van der Waals surface area contributed by atoms with Gasteiger partial charge in [0.05, 0.1) is 19.3 Å². The molecule has 9 heteroatoms. The zero-order valence-corrected chi connectivity index (χ0v) is 22.1. The van der Waals surface area contributed by atoms with Crippen LogP contribution >= 0.6 is 0 Å². The molecule has 3 aliphatic rings. The molecule has 0 spiro atoms. The number of hydrogen-bond acceptors (Lipinski definition) is 6. The summed E-state index contributed by atoms with van der Waals surface area (Å²) in [6.45, 7) is 1.83. The van der Waals surface area contributed by atoms with Crippen LogP contribution in [0.2, 0.25) is 0 Å². The Balaban J connectivity index is 1.38. The highest BCUT2D eigenvalue weighted by Crippen LogP contribution is 2.60. The van der Waals surface area contributed by atoms with Crippen molar-refractivity contribution in [3.05, 3.63) is 48.0 Å². The van der Waals surface area contributed by atoms with E-state index in [9.17, 15) is 22.8 Å². The second-order valence-electron chi connectivity index (χ2n) is 10.5. The molecule has 38 heavy (non-hydrogen) atoms. The average Bonchev–Trinajstić information content (AvgIpc) is 3.82. The minimum Gasteiger partial charge on any atom is -0.469 e. The molecule has 6 nitrogen and oxygen atoms in total. The Morgan fingerprint density at radius 1 is 1.11 bits per heavy atom. The Hall–Kier alpha value is -2.39. The highest BCUT2D eigenvalue weighted by Gasteiger charge is 2.65. The van der Waals surface area contributed by atoms with Crippen molar-refractivity contribution in [1.29, 1.82) is 0 Å². The number of rotatable bonds is 13. The Morgan fingerprint density at radius 3 is 2.47 bits per heavy atom. The van der Waals surface area contributed by atoms with Crippen LogP contribution < -0.4 is 0 Å². The number of ether oxygens (including phenoxy) is 4. The molecule has 0 N–H and O–H groups in total. The predicted molar refractivity (Wildman–Crippen MR) is 133 cm³/mol. The van der Waals surface area contributed by atoms with Gasteiger partial charge in [0.1, 0.15) is 6.10 Å². The molecule has 210 valence electrons. The van der Waals surface area contributed by atoms with Gasteiger partial charge in [-0.3, -0.25) is 4.79 Å². The lowest BCUT2D eigenvalue weighted by Crippen LogP contribution is -2.52. The van der Waals surface area contributed by atoms with E-state index in [4.69, 9.17) is 14.2 Å². The molecular formula is C29H37F3O6. The fourth-order valence-corrected chi connectivity index (χ4v) is 6.19. The van der Waals surface area contributed by atoms with Crippen molar-refractivity contribution in [3.8, 4) is 0 Å². The van der Waals surface area contributed by atoms with Gasteiger partial charge in [0.15, 0.2) is 0 Å². The summed E-state index contributed by atoms with van der Waals surface area (Å²) in [4.78, 5) is 24.4. The van der Waals surface area contributed by atoms with Gasteiger partial charge in [-0.15, -0.1) is 0 Å². The summed E-state index contributed by atoms with van der Waals surface area (Å²) in [5.41, 5.74) is -3.47. The SMILES string of the molecule is CC[C@@H](OC(=O)[C@@](OC)(c1ccccc1)C(F)(F)F)[C@@H]1C[C@H]1[C@@H]1C[C@@H]2O[C@@H]2[C@H]1/C=C\CCCCC(=O)OC. The number of fused-ring (bicyclic) bond motifs is 1. The number of epoxide rings is 1. The number of allylic oxidation sites excluding steroid dienone is 1. The van der Waals surface area contributed by atoms with Gasteiger partial charge < -0.3 is 18.9 Å². The van der Waals surface area contributed by atoms with E-state index < -0.39 is 23.9 Å². The summed E-state index contributed by atoms with van der Waals surface area (Å²) >= 11 is 0. The maximum absolute atomic E-state index is 14.3. The number of unbranched alkanes of at least 4 members (excludes halogenated alkanes) is 2. The van der Waals surface area contributed by atoms with E-state index in [1.54, 1.807) is 6.07 Å². The van der Waals surface area contributed by atoms with Crippen molar-refractivity contribution >= 4 is 11.9 Å². The fraction of sp³-hybridized carbons (Fsp3) is 0.655. The number of benzene rings is 1. The van der Waals surface area contributed by atoms with Crippen LogP contribution in [-0.2, 0) is 34.1 Å². The van der Waals surface area contributed by atoms with E-state index >= 15 is 0 Å². The lowest BCUT2D eigenvalue weighted by Gasteiger charge is -2.34. The average molecular weight is 539 g/mol. The van der Waals surface area contributed by atoms with E-state index in [1.807, 2.05) is 6.92 Å². The molecule has 0 amide bonds. The van der Waals surface area contributed by atoms with E-state index in [1.165, 1.54) is 31.4 Å². The van der Waals surface area contributed by atoms with Crippen molar-refractivity contribution in [3.63, 3.8) is 0 Å². The fourth-order valence-electron chi connectivity index (χ4n) is 6.19. The maximum atomic E-state index is 14.3. The van der Waals surface area contributed by atoms with Crippen LogP contribution in [0.1, 0.15) is 57.4 Å². The topological polar surface area (TPSA) is 74.4 Å². The van der Waals surface area contributed by atoms with Crippen LogP contribution in [0.25, 0.3) is 0 Å². The Morgan fingerprint density at radius 2 is 1.84 bits per heavy atom. The predicted octanol–water partition coefficient (Wildman–Crippen LogP) is 5.74. The highest BCUT2D eigenvalue weighted by atomic mass is 19.4. The van der Waals surface area contributed by atoms with Crippen LogP contribution in [0.3, 0.4) is 0 Å². The molecule has 0 aromatic heterocycles. The van der Waals surface area contributed by atoms with Gasteiger partial charge in [0.2, 0.25) is 0 Å². The largest absolute Gasteiger partial charge is 0.469 e. The minimum absolute atomic E-state index is 0.0148. The van der Waals surface area contributed by atoms with Gasteiger partial charge in [0.25, 0.3) is 5.60 Å². The third kappa shape index (κ3) is 5.78. The van der Waals surface area contributed by atoms with Crippen molar-refractivity contribution in [2.75, 3.05) is 14.2 Å². The zero-order chi connectivity index (χ0) is 27.5. The number of hydrogen-bond donors (Lipinski definition) is 0. The highest BCUT2D eigenvalue weighted by molar-refractivity contribution is 5.83. The first-order valence-electron chi connectivity index (χ1n) is 13.4. The molecule has 1 aromatic rings. The molecule has 1 saturated heterocycles. The van der Waals surface area contributed by atoms with Gasteiger partial charge >= 0.3 is 18.1 Å². The third-order valence-electron chi connectivity index (χ3n) is 8.34. The molecule has 1 aliphatic heterocycles. The summed E-state index contributed by atoms with van der Waals surface area (Å²) in [6.07, 6.45) is 4.27. The lowest BCUT2D eigenvalue weighted by atomic mass is 9.87. The Bertz CT molecular complexity index is 996. The molecule has 0 bridgehead atoms. The second kappa shape index (κ2) is 11.8. The summed E-state index contributed by atoms with van der Waals surface area (Å²) in [6, 6.07) is 6.93. The summed E-state index contributed by atoms with van der Waals surface area (Å²) in [7, 11) is 2.27. The minimum atomic E-state index is -4.99. The quantitative estimate of drug-likeness (QED) is 0.138. The van der Waals surface area contributed by atoms with Crippen LogP contribution in [-0.4, -0.2) is 50.6 Å². The van der Waals surface area contributed by atoms with Gasteiger partial charge in [0, 0.05) is 25.0 Å². The lowest BCUT2D eigenvalue weighted by molar-refractivity contribution is -0.278. The number of methoxy groups -OCH3 is 2. The molecule has 4 rings (SSSR count). The second-order valence-corrected chi connectivity index (χ2v) is 10.5. The molecule has 0 radical (unpaired) electrons. The first-order chi connectivity index (χ1) is 18.2. The van der Waals surface area contributed by atoms with Crippen LogP contribution in [0.15, 0.2) is 42.5 Å². The smallest absolute Gasteiger partial charge is 0.432 e. The standard InChI is InChI=1S/C29H37F3O6/c1-4-23(38-27(34)28(36-3,29(30,31)32)18-12-8-7-9-13-18)22-16-20(22)21-17-24-26(37-24)19(21)14-10-5-6-11-15-25(33)35-2/h7-10,12-14,19-24,26H,4-6,11,15-17H2,1-3H3/b14-10-/t19-,20-,21+,22+,23+,24-,26+,28-/m0/s1. The van der Waals surface area contributed by atoms with Gasteiger partial charge in [-0.1, -0.05) is 49.4 Å². The van der Waals surface area contributed by atoms with E-state index in [0.29, 0.717) is 18.8 Å². The first-order valence-corrected chi connectivity index (χ1v) is 13.4. The van der Waals surface area contributed by atoms with Gasteiger partial charge in [-0.2, -0.15) is 13.2 Å². The molecule has 0 unspecified atom stereocenters. The summed E-state index contributed by atoms with van der Waals surface area (Å²) < 4.78 is 63.8. The molecule has 1 aromatic carbocycles. The van der Waals surface area contributed by atoms with Gasteiger partial charge in [-0.25, -0.2) is 4.79 Å². The molecule has 1 heterocycles. The number of alkyl halides is 3. The number of halogens is 3. The normalized spacial score (nSPS) is 30.4. The monoisotopic (exact) mass is 538 g/mol. The van der Waals surface area contributed by atoms with E-state index in [2.05, 4.69) is 16.9 Å². The summed E-state index contributed by atoms with van der Waals surface area (Å²) in [5, 5.41) is 0. The van der Waals surface area contributed by atoms with Crippen molar-refractivity contribution in [2.45, 2.75) is 82.0 Å². The van der Waals surface area contributed by atoms with E-state index in [-0.39, 0.29) is 41.5 Å². The van der Waals surface area contributed by atoms with Crippen LogP contribution in [0, 0.1) is 23.7 Å². The third-order valence-corrected chi connectivity index (χ3v) is 8.34. The molecular weight excluding hydrogens is 501 g/mol. The Kier molecular flexibility index (Phi) is 8.87. The maximum Gasteiger partial charge on any atom is 0.432 e. The first kappa shape index (κ1) is 28.6. The number of carbonyl (C=O) groups is 2. The van der Waals surface area contributed by atoms with Crippen molar-refractivity contribution in [1.82, 2.24) is 0 Å². The Labute approximate surface area is 221 Å².